The molecule has 0 saturated carbocycles. The Hall–Kier alpha value is -2.04. The lowest BCUT2D eigenvalue weighted by Gasteiger charge is -2.38. The maximum absolute atomic E-state index is 12.2. The third-order valence-electron chi connectivity index (χ3n) is 3.91. The molecule has 1 aromatic carbocycles. The number of esters is 1. The van der Waals surface area contributed by atoms with E-state index in [4.69, 9.17) is 4.74 Å². The van der Waals surface area contributed by atoms with E-state index in [0.29, 0.717) is 24.5 Å². The van der Waals surface area contributed by atoms with Crippen LogP contribution >= 0.6 is 0 Å². The summed E-state index contributed by atoms with van der Waals surface area (Å²) in [5, 5.41) is 1.74. The van der Waals surface area contributed by atoms with Crippen LogP contribution in [-0.2, 0) is 9.53 Å². The van der Waals surface area contributed by atoms with E-state index < -0.39 is 0 Å². The molecule has 0 spiro atoms. The van der Waals surface area contributed by atoms with Crippen molar-refractivity contribution in [3.05, 3.63) is 29.8 Å². The molecule has 0 unspecified atom stereocenters. The molecular formula is C17H24N2O3. The van der Waals surface area contributed by atoms with Crippen LogP contribution < -0.4 is 5.43 Å². The Morgan fingerprint density at radius 3 is 2.64 bits per heavy atom. The summed E-state index contributed by atoms with van der Waals surface area (Å²) < 4.78 is 4.96. The summed E-state index contributed by atoms with van der Waals surface area (Å²) >= 11 is 0. The van der Waals surface area contributed by atoms with Crippen molar-refractivity contribution in [1.82, 2.24) is 5.01 Å². The summed E-state index contributed by atoms with van der Waals surface area (Å²) in [6.07, 6.45) is 2.54. The van der Waals surface area contributed by atoms with Gasteiger partial charge in [-0.05, 0) is 49.9 Å². The van der Waals surface area contributed by atoms with Crippen molar-refractivity contribution in [2.45, 2.75) is 46.1 Å². The molecule has 1 amide bonds. The third kappa shape index (κ3) is 3.78. The molecular weight excluding hydrogens is 280 g/mol. The topological polar surface area (TPSA) is 58.6 Å². The van der Waals surface area contributed by atoms with Crippen molar-refractivity contribution < 1.29 is 14.3 Å². The van der Waals surface area contributed by atoms with Gasteiger partial charge in [0.15, 0.2) is 0 Å². The zero-order chi connectivity index (χ0) is 16.1. The minimum atomic E-state index is -0.330. The van der Waals surface area contributed by atoms with E-state index in [1.807, 2.05) is 0 Å². The zero-order valence-corrected chi connectivity index (χ0v) is 13.5. The molecule has 0 bridgehead atoms. The maximum atomic E-state index is 12.2. The highest BCUT2D eigenvalue weighted by atomic mass is 16.5. The molecule has 22 heavy (non-hydrogen) atoms. The summed E-state index contributed by atoms with van der Waals surface area (Å²) in [6, 6.07) is 7.21. The van der Waals surface area contributed by atoms with Gasteiger partial charge in [0, 0.05) is 6.42 Å². The fourth-order valence-corrected chi connectivity index (χ4v) is 2.71. The van der Waals surface area contributed by atoms with E-state index >= 15 is 0 Å². The van der Waals surface area contributed by atoms with E-state index in [2.05, 4.69) is 19.3 Å². The minimum Gasteiger partial charge on any atom is -0.462 e. The van der Waals surface area contributed by atoms with Gasteiger partial charge in [0.1, 0.15) is 0 Å². The van der Waals surface area contributed by atoms with Gasteiger partial charge in [-0.1, -0.05) is 13.8 Å². The van der Waals surface area contributed by atoms with Crippen LogP contribution in [0.4, 0.5) is 5.69 Å². The lowest BCUT2D eigenvalue weighted by molar-refractivity contribution is -0.135. The quantitative estimate of drug-likeness (QED) is 0.849. The Labute approximate surface area is 131 Å². The van der Waals surface area contributed by atoms with Crippen LogP contribution in [0.3, 0.4) is 0 Å². The van der Waals surface area contributed by atoms with Crippen LogP contribution in [0, 0.1) is 5.92 Å². The average molecular weight is 304 g/mol. The van der Waals surface area contributed by atoms with Crippen LogP contribution in [-0.4, -0.2) is 29.5 Å². The molecule has 1 heterocycles. The van der Waals surface area contributed by atoms with Crippen LogP contribution in [0.2, 0.25) is 0 Å². The number of rotatable bonds is 5. The van der Waals surface area contributed by atoms with Crippen molar-refractivity contribution in [3.63, 3.8) is 0 Å². The SMILES string of the molecule is CCOC(=O)c1ccc(NN2C(=O)CCC[C@@H]2C(C)C)cc1. The first-order valence-corrected chi connectivity index (χ1v) is 7.88. The fraction of sp³-hybridized carbons (Fsp3) is 0.529. The molecule has 120 valence electrons. The van der Waals surface area contributed by atoms with Crippen LogP contribution in [0.25, 0.3) is 0 Å². The van der Waals surface area contributed by atoms with Crippen molar-refractivity contribution in [2.24, 2.45) is 5.92 Å². The number of hydrazine groups is 1. The number of amides is 1. The first-order chi connectivity index (χ1) is 10.5. The van der Waals surface area contributed by atoms with Gasteiger partial charge in [-0.15, -0.1) is 0 Å². The lowest BCUT2D eigenvalue weighted by Crippen LogP contribution is -2.49. The summed E-state index contributed by atoms with van der Waals surface area (Å²) in [5.74, 6) is 0.193. The van der Waals surface area contributed by atoms with Gasteiger partial charge < -0.3 is 4.74 Å². The van der Waals surface area contributed by atoms with Crippen molar-refractivity contribution in [2.75, 3.05) is 12.0 Å². The second-order valence-electron chi connectivity index (χ2n) is 5.88. The summed E-state index contributed by atoms with van der Waals surface area (Å²) in [7, 11) is 0. The number of benzene rings is 1. The molecule has 1 aliphatic heterocycles. The highest BCUT2D eigenvalue weighted by molar-refractivity contribution is 5.89. The number of hydrogen-bond donors (Lipinski definition) is 1. The van der Waals surface area contributed by atoms with Crippen LogP contribution in [0.1, 0.15) is 50.4 Å². The normalized spacial score (nSPS) is 18.5. The van der Waals surface area contributed by atoms with Gasteiger partial charge in [0.05, 0.1) is 23.9 Å². The molecule has 5 heteroatoms. The minimum absolute atomic E-state index is 0.124. The average Bonchev–Trinajstić information content (AvgIpc) is 2.50. The Morgan fingerprint density at radius 1 is 1.36 bits per heavy atom. The van der Waals surface area contributed by atoms with Gasteiger partial charge in [0.25, 0.3) is 0 Å². The first kappa shape index (κ1) is 16.3. The number of nitrogens with zero attached hydrogens (tertiary/aromatic N) is 1. The Balaban J connectivity index is 2.08. The van der Waals surface area contributed by atoms with Gasteiger partial charge >= 0.3 is 5.97 Å². The highest BCUT2D eigenvalue weighted by Crippen LogP contribution is 2.25. The fourth-order valence-electron chi connectivity index (χ4n) is 2.71. The Morgan fingerprint density at radius 2 is 2.05 bits per heavy atom. The molecule has 5 nitrogen and oxygen atoms in total. The lowest BCUT2D eigenvalue weighted by atomic mass is 9.94. The van der Waals surface area contributed by atoms with Crippen molar-refractivity contribution in [3.8, 4) is 0 Å². The number of carbonyl (C=O) groups excluding carboxylic acids is 2. The van der Waals surface area contributed by atoms with Gasteiger partial charge in [-0.25, -0.2) is 4.79 Å². The Bertz CT molecular complexity index is 525. The molecule has 1 N–H and O–H groups in total. The zero-order valence-electron chi connectivity index (χ0n) is 13.5. The number of nitrogens with one attached hydrogen (secondary N) is 1. The third-order valence-corrected chi connectivity index (χ3v) is 3.91. The van der Waals surface area contributed by atoms with Gasteiger partial charge in [0.2, 0.25) is 5.91 Å². The molecule has 1 atom stereocenters. The largest absolute Gasteiger partial charge is 0.462 e. The monoisotopic (exact) mass is 304 g/mol. The number of piperidine rings is 1. The molecule has 0 radical (unpaired) electrons. The predicted octanol–water partition coefficient (Wildman–Crippen LogP) is 3.23. The van der Waals surface area contributed by atoms with E-state index in [0.717, 1.165) is 18.5 Å². The van der Waals surface area contributed by atoms with E-state index in [9.17, 15) is 9.59 Å². The second kappa shape index (κ2) is 7.29. The van der Waals surface area contributed by atoms with E-state index in [-0.39, 0.29) is 17.9 Å². The molecule has 1 saturated heterocycles. The summed E-state index contributed by atoms with van der Waals surface area (Å²) in [6.45, 7) is 6.39. The number of anilines is 1. The van der Waals surface area contributed by atoms with Crippen LogP contribution in [0.15, 0.2) is 24.3 Å². The smallest absolute Gasteiger partial charge is 0.338 e. The Kier molecular flexibility index (Phi) is 5.41. The molecule has 1 aliphatic rings. The van der Waals surface area contributed by atoms with Gasteiger partial charge in [-0.2, -0.15) is 0 Å². The van der Waals surface area contributed by atoms with Crippen molar-refractivity contribution >= 4 is 17.6 Å². The number of carbonyl (C=O) groups is 2. The molecule has 1 aromatic rings. The molecule has 1 fully saturated rings. The molecule has 0 aromatic heterocycles. The van der Waals surface area contributed by atoms with E-state index in [1.165, 1.54) is 0 Å². The molecule has 2 rings (SSSR count). The van der Waals surface area contributed by atoms with E-state index in [1.54, 1.807) is 36.2 Å². The number of hydrogen-bond acceptors (Lipinski definition) is 4. The maximum Gasteiger partial charge on any atom is 0.338 e. The highest BCUT2D eigenvalue weighted by Gasteiger charge is 2.30. The summed E-state index contributed by atoms with van der Waals surface area (Å²) in [5.41, 5.74) is 4.50. The molecule has 0 aliphatic carbocycles. The van der Waals surface area contributed by atoms with Crippen molar-refractivity contribution in [1.29, 1.82) is 0 Å². The first-order valence-electron chi connectivity index (χ1n) is 7.88. The standard InChI is InChI=1S/C17H24N2O3/c1-4-22-17(21)13-8-10-14(11-9-13)18-19-15(12(2)3)6-5-7-16(19)20/h8-12,15,18H,4-7H2,1-3H3/t15-/m1/s1. The van der Waals surface area contributed by atoms with Gasteiger partial charge in [-0.3, -0.25) is 15.2 Å². The number of ether oxygens (including phenoxy) is 1. The summed E-state index contributed by atoms with van der Waals surface area (Å²) in [4.78, 5) is 23.8. The predicted molar refractivity (Wildman–Crippen MR) is 85.3 cm³/mol. The van der Waals surface area contributed by atoms with Crippen LogP contribution in [0.5, 0.6) is 0 Å². The second-order valence-corrected chi connectivity index (χ2v) is 5.88.